The van der Waals surface area contributed by atoms with Crippen molar-refractivity contribution in [2.45, 2.75) is 24.2 Å². The molecule has 0 aliphatic heterocycles. The minimum atomic E-state index is -1.79. The molecule has 0 bridgehead atoms. The van der Waals surface area contributed by atoms with E-state index in [0.29, 0.717) is 3.93 Å². The van der Waals surface area contributed by atoms with Crippen molar-refractivity contribution in [3.8, 4) is 0 Å². The molecule has 0 aromatic heterocycles. The number of hydrogen-bond acceptors (Lipinski definition) is 0. The van der Waals surface area contributed by atoms with Crippen molar-refractivity contribution >= 4 is 35.3 Å². The summed E-state index contributed by atoms with van der Waals surface area (Å²) in [4.78, 5) is 0. The first-order chi connectivity index (χ1) is 3.18. The van der Waals surface area contributed by atoms with E-state index >= 15 is 0 Å². The Morgan fingerprint density at radius 3 is 2.00 bits per heavy atom. The van der Waals surface area contributed by atoms with E-state index in [4.69, 9.17) is 17.8 Å². The molecule has 7 heavy (non-hydrogen) atoms. The van der Waals surface area contributed by atoms with E-state index < -0.39 is 17.5 Å². The van der Waals surface area contributed by atoms with Crippen LogP contribution in [0.4, 0.5) is 0 Å². The van der Waals surface area contributed by atoms with Crippen LogP contribution in [0.15, 0.2) is 0 Å². The van der Waals surface area contributed by atoms with E-state index in [1.165, 1.54) is 0 Å². The van der Waals surface area contributed by atoms with Gasteiger partial charge in [-0.05, 0) is 0 Å². The van der Waals surface area contributed by atoms with Crippen LogP contribution in [0.1, 0.15) is 20.3 Å². The van der Waals surface area contributed by atoms with Gasteiger partial charge in [-0.3, -0.25) is 0 Å². The van der Waals surface area contributed by atoms with Crippen LogP contribution in [0.25, 0.3) is 0 Å². The second-order valence-electron chi connectivity index (χ2n) is 1.60. The van der Waals surface area contributed by atoms with Crippen LogP contribution in [-0.2, 0) is 0 Å². The maximum atomic E-state index is 5.69. The van der Waals surface area contributed by atoms with Gasteiger partial charge in [0.25, 0.3) is 0 Å². The molecular formula is C4H9Cl2Sn. The van der Waals surface area contributed by atoms with Crippen LogP contribution >= 0.6 is 17.8 Å². The van der Waals surface area contributed by atoms with Gasteiger partial charge in [-0.1, -0.05) is 0 Å². The Morgan fingerprint density at radius 2 is 2.00 bits per heavy atom. The molecule has 0 aromatic carbocycles. The van der Waals surface area contributed by atoms with E-state index in [1.807, 2.05) is 0 Å². The molecule has 1 atom stereocenters. The van der Waals surface area contributed by atoms with E-state index in [0.717, 1.165) is 6.42 Å². The molecule has 0 fully saturated rings. The number of halogens is 2. The SMILES string of the molecule is CC[CH](C)[Sn]([Cl])[Cl]. The Hall–Kier alpha value is 1.38. The fourth-order valence-electron chi connectivity index (χ4n) is 0.154. The van der Waals surface area contributed by atoms with Crippen LogP contribution in [0.2, 0.25) is 3.93 Å². The van der Waals surface area contributed by atoms with Gasteiger partial charge in [-0.2, -0.15) is 0 Å². The third kappa shape index (κ3) is 3.92. The third-order valence-electron chi connectivity index (χ3n) is 0.985. The third-order valence-corrected chi connectivity index (χ3v) is 9.27. The Labute approximate surface area is 59.4 Å². The molecule has 0 amide bonds. The number of hydrogen-bond donors (Lipinski definition) is 0. The first kappa shape index (κ1) is 8.38. The molecule has 1 unspecified atom stereocenters. The van der Waals surface area contributed by atoms with Crippen LogP contribution in [0, 0.1) is 0 Å². The Morgan fingerprint density at radius 1 is 1.57 bits per heavy atom. The van der Waals surface area contributed by atoms with Crippen molar-refractivity contribution in [1.82, 2.24) is 0 Å². The van der Waals surface area contributed by atoms with Crippen molar-refractivity contribution in [3.63, 3.8) is 0 Å². The van der Waals surface area contributed by atoms with Crippen molar-refractivity contribution < 1.29 is 0 Å². The monoisotopic (exact) mass is 247 g/mol. The van der Waals surface area contributed by atoms with Crippen molar-refractivity contribution in [2.24, 2.45) is 0 Å². The molecule has 0 saturated heterocycles. The zero-order valence-electron chi connectivity index (χ0n) is 4.54. The minimum absolute atomic E-state index is 0.630. The Balaban J connectivity index is 3.14. The summed E-state index contributed by atoms with van der Waals surface area (Å²) in [5.41, 5.74) is 0. The summed E-state index contributed by atoms with van der Waals surface area (Å²) >= 11 is -1.79. The summed E-state index contributed by atoms with van der Waals surface area (Å²) in [6.07, 6.45) is 1.14. The molecule has 0 nitrogen and oxygen atoms in total. The van der Waals surface area contributed by atoms with E-state index in [9.17, 15) is 0 Å². The molecule has 43 valence electrons. The molecular weight excluding hydrogens is 238 g/mol. The van der Waals surface area contributed by atoms with Crippen LogP contribution in [0.5, 0.6) is 0 Å². The summed E-state index contributed by atoms with van der Waals surface area (Å²) in [7, 11) is 11.4. The second-order valence-corrected chi connectivity index (χ2v) is 12.8. The first-order valence-corrected chi connectivity index (χ1v) is 11.2. The standard InChI is InChI=1S/C4H9.2ClH.Sn/c1-3-4-2;;;/h3H,4H2,1-2H3;2*1H;/q;;;+2/p-2. The zero-order valence-corrected chi connectivity index (χ0v) is 8.91. The molecule has 0 rings (SSSR count). The molecule has 0 N–H and O–H groups in total. The van der Waals surface area contributed by atoms with Gasteiger partial charge in [0.05, 0.1) is 0 Å². The molecule has 0 spiro atoms. The molecule has 0 aromatic rings. The summed E-state index contributed by atoms with van der Waals surface area (Å²) in [5, 5.41) is 0. The van der Waals surface area contributed by atoms with Gasteiger partial charge in [0.2, 0.25) is 0 Å². The van der Waals surface area contributed by atoms with Crippen molar-refractivity contribution in [2.75, 3.05) is 0 Å². The van der Waals surface area contributed by atoms with Crippen LogP contribution < -0.4 is 0 Å². The zero-order chi connectivity index (χ0) is 5.86. The van der Waals surface area contributed by atoms with Gasteiger partial charge < -0.3 is 0 Å². The molecule has 0 heterocycles. The van der Waals surface area contributed by atoms with E-state index in [-0.39, 0.29) is 0 Å². The predicted molar refractivity (Wildman–Crippen MR) is 37.2 cm³/mol. The summed E-state index contributed by atoms with van der Waals surface area (Å²) in [6, 6.07) is 0. The van der Waals surface area contributed by atoms with Gasteiger partial charge in [-0.15, -0.1) is 0 Å². The fourth-order valence-corrected chi connectivity index (χ4v) is 3.11. The first-order valence-electron chi connectivity index (χ1n) is 2.36. The van der Waals surface area contributed by atoms with E-state index in [2.05, 4.69) is 13.8 Å². The van der Waals surface area contributed by atoms with Crippen molar-refractivity contribution in [1.29, 1.82) is 0 Å². The Kier molecular flexibility index (Phi) is 5.12. The molecule has 0 saturated carbocycles. The quantitative estimate of drug-likeness (QED) is 0.658. The summed E-state index contributed by atoms with van der Waals surface area (Å²) < 4.78 is 0.630. The van der Waals surface area contributed by atoms with Gasteiger partial charge in [0.1, 0.15) is 0 Å². The molecule has 1 radical (unpaired) electrons. The van der Waals surface area contributed by atoms with Gasteiger partial charge in [0.15, 0.2) is 0 Å². The van der Waals surface area contributed by atoms with Gasteiger partial charge in [0, 0.05) is 0 Å². The van der Waals surface area contributed by atoms with Crippen LogP contribution in [-0.4, -0.2) is 17.5 Å². The summed E-state index contributed by atoms with van der Waals surface area (Å²) in [6.45, 7) is 4.24. The maximum absolute atomic E-state index is 5.69. The second kappa shape index (κ2) is 4.28. The topological polar surface area (TPSA) is 0 Å². The Bertz CT molecular complexity index is 47.0. The summed E-state index contributed by atoms with van der Waals surface area (Å²) in [5.74, 6) is 0. The average Bonchev–Trinajstić information content (AvgIpc) is 1.65. The average molecular weight is 247 g/mol. The number of rotatable bonds is 2. The molecule has 3 heteroatoms. The normalized spacial score (nSPS) is 15.0. The fraction of sp³-hybridized carbons (Fsp3) is 1.00. The van der Waals surface area contributed by atoms with Gasteiger partial charge >= 0.3 is 59.6 Å². The van der Waals surface area contributed by atoms with Gasteiger partial charge in [-0.25, -0.2) is 0 Å². The molecule has 0 aliphatic carbocycles. The van der Waals surface area contributed by atoms with Crippen molar-refractivity contribution in [3.05, 3.63) is 0 Å². The molecule has 0 aliphatic rings. The predicted octanol–water partition coefficient (Wildman–Crippen LogP) is 2.75. The van der Waals surface area contributed by atoms with Crippen LogP contribution in [0.3, 0.4) is 0 Å². The van der Waals surface area contributed by atoms with E-state index in [1.54, 1.807) is 0 Å².